The summed E-state index contributed by atoms with van der Waals surface area (Å²) in [5.74, 6) is -0.266. The van der Waals surface area contributed by atoms with Crippen molar-refractivity contribution >= 4 is 11.9 Å². The maximum Gasteiger partial charge on any atom is 0.312 e. The van der Waals surface area contributed by atoms with E-state index in [9.17, 15) is 14.0 Å². The molecule has 6 heteroatoms. The number of rotatable bonds is 9. The van der Waals surface area contributed by atoms with Gasteiger partial charge in [0.15, 0.2) is 0 Å². The Hall–Kier alpha value is -2.11. The van der Waals surface area contributed by atoms with E-state index >= 15 is 0 Å². The van der Waals surface area contributed by atoms with E-state index in [4.69, 9.17) is 5.73 Å². The third kappa shape index (κ3) is 8.62. The number of unbranched alkanes of at least 4 members (excludes halogenated alkanes) is 2. The van der Waals surface area contributed by atoms with E-state index in [0.717, 1.165) is 24.8 Å². The average Bonchev–Trinajstić information content (AvgIpc) is 2.42. The van der Waals surface area contributed by atoms with Crippen molar-refractivity contribution < 1.29 is 14.0 Å². The van der Waals surface area contributed by atoms with Crippen molar-refractivity contribution in [2.24, 2.45) is 5.73 Å². The van der Waals surface area contributed by atoms with Gasteiger partial charge < -0.3 is 16.4 Å². The van der Waals surface area contributed by atoms with Gasteiger partial charge in [-0.1, -0.05) is 18.6 Å². The molecule has 21 heavy (non-hydrogen) atoms. The molecule has 1 aromatic rings. The fraction of sp³-hybridized carbons (Fsp3) is 0.467. The third-order valence-corrected chi connectivity index (χ3v) is 3.00. The second kappa shape index (κ2) is 9.74. The first-order chi connectivity index (χ1) is 10.1. The molecule has 116 valence electrons. The molecule has 0 aliphatic heterocycles. The summed E-state index contributed by atoms with van der Waals surface area (Å²) in [7, 11) is 0. The number of urea groups is 1. The molecular formula is C15H22FN3O2. The van der Waals surface area contributed by atoms with E-state index in [2.05, 4.69) is 10.6 Å². The van der Waals surface area contributed by atoms with Crippen molar-refractivity contribution in [2.45, 2.75) is 32.1 Å². The average molecular weight is 295 g/mol. The van der Waals surface area contributed by atoms with Crippen molar-refractivity contribution in [1.82, 2.24) is 10.6 Å². The van der Waals surface area contributed by atoms with Crippen molar-refractivity contribution in [1.29, 1.82) is 0 Å². The first-order valence-corrected chi connectivity index (χ1v) is 7.12. The van der Waals surface area contributed by atoms with Crippen LogP contribution in [-0.2, 0) is 11.2 Å². The summed E-state index contributed by atoms with van der Waals surface area (Å²) >= 11 is 0. The number of hydrogen-bond acceptors (Lipinski definition) is 2. The van der Waals surface area contributed by atoms with Crippen LogP contribution in [0.5, 0.6) is 0 Å². The molecule has 0 saturated carbocycles. The number of nitrogens with two attached hydrogens (primary N) is 1. The highest BCUT2D eigenvalue weighted by Crippen LogP contribution is 2.04. The van der Waals surface area contributed by atoms with Gasteiger partial charge in [0.05, 0.1) is 0 Å². The van der Waals surface area contributed by atoms with Crippen molar-refractivity contribution in [3.8, 4) is 0 Å². The molecule has 0 spiro atoms. The number of primary amides is 1. The van der Waals surface area contributed by atoms with Gasteiger partial charge in [0.25, 0.3) is 0 Å². The number of benzene rings is 1. The molecule has 4 N–H and O–H groups in total. The Morgan fingerprint density at radius 1 is 1.10 bits per heavy atom. The lowest BCUT2D eigenvalue weighted by Gasteiger charge is -2.06. The molecule has 0 bridgehead atoms. The van der Waals surface area contributed by atoms with Crippen LogP contribution in [-0.4, -0.2) is 25.0 Å². The highest BCUT2D eigenvalue weighted by Gasteiger charge is 2.01. The van der Waals surface area contributed by atoms with Crippen molar-refractivity contribution in [2.75, 3.05) is 13.1 Å². The molecule has 0 heterocycles. The zero-order chi connectivity index (χ0) is 15.5. The molecular weight excluding hydrogens is 273 g/mol. The molecule has 0 aliphatic rings. The zero-order valence-corrected chi connectivity index (χ0v) is 12.0. The SMILES string of the molecule is NC(=O)NCCCCCC(=O)NCCc1cccc(F)c1. The summed E-state index contributed by atoms with van der Waals surface area (Å²) in [4.78, 5) is 22.0. The van der Waals surface area contributed by atoms with Crippen molar-refractivity contribution in [3.63, 3.8) is 0 Å². The fourth-order valence-electron chi connectivity index (χ4n) is 1.93. The van der Waals surface area contributed by atoms with Crippen molar-refractivity contribution in [3.05, 3.63) is 35.6 Å². The molecule has 0 radical (unpaired) electrons. The van der Waals surface area contributed by atoms with E-state index < -0.39 is 6.03 Å². The number of nitrogens with one attached hydrogen (secondary N) is 2. The maximum atomic E-state index is 12.9. The van der Waals surface area contributed by atoms with Gasteiger partial charge in [0, 0.05) is 19.5 Å². The lowest BCUT2D eigenvalue weighted by atomic mass is 10.1. The van der Waals surface area contributed by atoms with Crippen LogP contribution < -0.4 is 16.4 Å². The first-order valence-electron chi connectivity index (χ1n) is 7.12. The number of carbonyl (C=O) groups excluding carboxylic acids is 2. The predicted molar refractivity (Wildman–Crippen MR) is 79.2 cm³/mol. The minimum atomic E-state index is -0.523. The third-order valence-electron chi connectivity index (χ3n) is 3.00. The molecule has 0 aromatic heterocycles. The van der Waals surface area contributed by atoms with Gasteiger partial charge in [-0.2, -0.15) is 0 Å². The number of carbonyl (C=O) groups is 2. The van der Waals surface area contributed by atoms with E-state index in [1.54, 1.807) is 6.07 Å². The molecule has 5 nitrogen and oxygen atoms in total. The van der Waals surface area contributed by atoms with Gasteiger partial charge in [-0.05, 0) is 37.0 Å². The largest absolute Gasteiger partial charge is 0.356 e. The predicted octanol–water partition coefficient (Wildman–Crippen LogP) is 1.71. The Labute approximate surface area is 124 Å². The van der Waals surface area contributed by atoms with Crippen LogP contribution in [0.4, 0.5) is 9.18 Å². The Balaban J connectivity index is 2.02. The van der Waals surface area contributed by atoms with Crippen LogP contribution in [0, 0.1) is 5.82 Å². The molecule has 0 saturated heterocycles. The second-order valence-electron chi connectivity index (χ2n) is 4.83. The Morgan fingerprint density at radius 2 is 1.90 bits per heavy atom. The summed E-state index contributed by atoms with van der Waals surface area (Å²) < 4.78 is 12.9. The highest BCUT2D eigenvalue weighted by molar-refractivity contribution is 5.75. The standard InChI is InChI=1S/C15H22FN3O2/c16-13-6-4-5-12(11-13)8-10-18-14(20)7-2-1-3-9-19-15(17)21/h4-6,11H,1-3,7-10H2,(H,18,20)(H3,17,19,21). The highest BCUT2D eigenvalue weighted by atomic mass is 19.1. The Bertz CT molecular complexity index is 466. The lowest BCUT2D eigenvalue weighted by Crippen LogP contribution is -2.30. The minimum absolute atomic E-state index is 0.00531. The second-order valence-corrected chi connectivity index (χ2v) is 4.83. The Morgan fingerprint density at radius 3 is 2.62 bits per heavy atom. The molecule has 1 rings (SSSR count). The minimum Gasteiger partial charge on any atom is -0.356 e. The number of amides is 3. The summed E-state index contributed by atoms with van der Waals surface area (Å²) in [6.45, 7) is 1.04. The van der Waals surface area contributed by atoms with E-state index in [0.29, 0.717) is 25.9 Å². The van der Waals surface area contributed by atoms with E-state index in [-0.39, 0.29) is 11.7 Å². The normalized spacial score (nSPS) is 10.1. The monoisotopic (exact) mass is 295 g/mol. The quantitative estimate of drug-likeness (QED) is 0.606. The van der Waals surface area contributed by atoms with E-state index in [1.165, 1.54) is 12.1 Å². The van der Waals surface area contributed by atoms with Crippen LogP contribution in [0.2, 0.25) is 0 Å². The number of halogens is 1. The molecule has 0 aliphatic carbocycles. The molecule has 1 aromatic carbocycles. The van der Waals surface area contributed by atoms with Gasteiger partial charge in [-0.3, -0.25) is 4.79 Å². The lowest BCUT2D eigenvalue weighted by molar-refractivity contribution is -0.121. The van der Waals surface area contributed by atoms with Crippen LogP contribution in [0.25, 0.3) is 0 Å². The van der Waals surface area contributed by atoms with Crippen LogP contribution in [0.1, 0.15) is 31.2 Å². The van der Waals surface area contributed by atoms with Crippen LogP contribution in [0.3, 0.4) is 0 Å². The smallest absolute Gasteiger partial charge is 0.312 e. The molecule has 3 amide bonds. The van der Waals surface area contributed by atoms with Gasteiger partial charge in [-0.15, -0.1) is 0 Å². The van der Waals surface area contributed by atoms with E-state index in [1.807, 2.05) is 6.07 Å². The zero-order valence-electron chi connectivity index (χ0n) is 12.0. The Kier molecular flexibility index (Phi) is 7.86. The van der Waals surface area contributed by atoms with Gasteiger partial charge in [-0.25, -0.2) is 9.18 Å². The topological polar surface area (TPSA) is 84.2 Å². The molecule has 0 fully saturated rings. The van der Waals surface area contributed by atoms with Gasteiger partial charge in [0.1, 0.15) is 5.82 Å². The summed E-state index contributed by atoms with van der Waals surface area (Å²) in [5, 5.41) is 5.31. The van der Waals surface area contributed by atoms with Gasteiger partial charge >= 0.3 is 6.03 Å². The van der Waals surface area contributed by atoms with Crippen LogP contribution >= 0.6 is 0 Å². The summed E-state index contributed by atoms with van der Waals surface area (Å²) in [6.07, 6.45) is 3.51. The van der Waals surface area contributed by atoms with Gasteiger partial charge in [0.2, 0.25) is 5.91 Å². The van der Waals surface area contributed by atoms with Crippen LogP contribution in [0.15, 0.2) is 24.3 Å². The molecule has 0 unspecified atom stereocenters. The number of hydrogen-bond donors (Lipinski definition) is 3. The first kappa shape index (κ1) is 16.9. The maximum absolute atomic E-state index is 12.9. The summed E-state index contributed by atoms with van der Waals surface area (Å²) in [5.41, 5.74) is 5.80. The molecule has 0 atom stereocenters. The fourth-order valence-corrected chi connectivity index (χ4v) is 1.93. The summed E-state index contributed by atoms with van der Waals surface area (Å²) in [6, 6.07) is 5.84.